The number of unbranched alkanes of at least 4 members (excludes halogenated alkanes) is 5. The number of hydrogen-bond donors (Lipinski definition) is 1. The molecule has 0 aromatic heterocycles. The van der Waals surface area contributed by atoms with Crippen molar-refractivity contribution in [2.75, 3.05) is 13.7 Å². The summed E-state index contributed by atoms with van der Waals surface area (Å²) in [5.41, 5.74) is 7.00. The van der Waals surface area contributed by atoms with Crippen LogP contribution in [-0.2, 0) is 0 Å². The van der Waals surface area contributed by atoms with Crippen molar-refractivity contribution in [3.05, 3.63) is 17.7 Å². The lowest BCUT2D eigenvalue weighted by Crippen LogP contribution is -2.22. The zero-order valence-corrected chi connectivity index (χ0v) is 12.9. The van der Waals surface area contributed by atoms with Crippen LogP contribution in [-0.4, -0.2) is 13.7 Å². The molecule has 0 aliphatic rings. The van der Waals surface area contributed by atoms with E-state index < -0.39 is 0 Å². The van der Waals surface area contributed by atoms with Crippen molar-refractivity contribution in [2.45, 2.75) is 52.4 Å². The fourth-order valence-corrected chi connectivity index (χ4v) is 2.19. The fraction of sp³-hybridized carbons (Fsp3) is 0.625. The molecule has 0 amide bonds. The summed E-state index contributed by atoms with van der Waals surface area (Å²) in [7, 11) is 1.61. The van der Waals surface area contributed by atoms with Gasteiger partial charge < -0.3 is 9.47 Å². The number of aryl methyl sites for hydroxylation is 1. The molecule has 0 atom stereocenters. The molecule has 0 saturated heterocycles. The predicted molar refractivity (Wildman–Crippen MR) is 80.6 cm³/mol. The number of benzene rings is 1. The summed E-state index contributed by atoms with van der Waals surface area (Å²) < 4.78 is 11.0. The van der Waals surface area contributed by atoms with Crippen LogP contribution in [0.2, 0.25) is 0 Å². The molecule has 4 heteroatoms. The molecule has 0 fully saturated rings. The van der Waals surface area contributed by atoms with Crippen LogP contribution in [0.1, 0.15) is 51.0 Å². The summed E-state index contributed by atoms with van der Waals surface area (Å²) in [6, 6.07) is 3.79. The van der Waals surface area contributed by atoms with Crippen LogP contribution >= 0.6 is 0 Å². The van der Waals surface area contributed by atoms with E-state index >= 15 is 0 Å². The van der Waals surface area contributed by atoms with Crippen LogP contribution in [0.15, 0.2) is 17.2 Å². The zero-order chi connectivity index (χ0) is 14.8. The molecule has 112 valence electrons. The monoisotopic (exact) mass is 279 g/mol. The van der Waals surface area contributed by atoms with Gasteiger partial charge in [0.25, 0.3) is 0 Å². The summed E-state index contributed by atoms with van der Waals surface area (Å²) in [5.74, 6) is 1.48. The third-order valence-electron chi connectivity index (χ3n) is 3.35. The molecule has 4 nitrogen and oxygen atoms in total. The highest BCUT2D eigenvalue weighted by molar-refractivity contribution is 5.59. The van der Waals surface area contributed by atoms with E-state index in [1.54, 1.807) is 7.11 Å². The zero-order valence-electron chi connectivity index (χ0n) is 12.9. The Kier molecular flexibility index (Phi) is 7.70. The molecule has 0 saturated carbocycles. The quantitative estimate of drug-likeness (QED) is 0.525. The van der Waals surface area contributed by atoms with E-state index in [2.05, 4.69) is 12.0 Å². The van der Waals surface area contributed by atoms with Gasteiger partial charge in [-0.3, -0.25) is 0 Å². The van der Waals surface area contributed by atoms with E-state index in [0.29, 0.717) is 11.4 Å². The minimum atomic E-state index is 0.658. The molecular formula is C16H27N2O2+. The first-order valence-electron chi connectivity index (χ1n) is 7.45. The van der Waals surface area contributed by atoms with Crippen molar-refractivity contribution in [3.63, 3.8) is 0 Å². The van der Waals surface area contributed by atoms with Gasteiger partial charge in [-0.2, -0.15) is 5.53 Å². The molecular weight excluding hydrogens is 252 g/mol. The first kappa shape index (κ1) is 16.5. The first-order valence-corrected chi connectivity index (χ1v) is 7.45. The van der Waals surface area contributed by atoms with Gasteiger partial charge in [-0.05, 0) is 30.1 Å². The molecule has 1 rings (SSSR count). The Morgan fingerprint density at radius 2 is 1.80 bits per heavy atom. The lowest BCUT2D eigenvalue weighted by Gasteiger charge is -2.10. The molecule has 1 aromatic rings. The molecule has 0 unspecified atom stereocenters. The Morgan fingerprint density at radius 1 is 1.10 bits per heavy atom. The standard InChI is InChI=1S/C16H26N2O2/c1-4-5-6-7-8-9-10-20-14-11-13(2)16(18-17)15(12-14)19-3/h11-12,17H,4-10H2,1-3H3/p+1. The fourth-order valence-electron chi connectivity index (χ4n) is 2.19. The molecule has 0 spiro atoms. The minimum Gasteiger partial charge on any atom is -0.494 e. The van der Waals surface area contributed by atoms with Gasteiger partial charge in [-0.1, -0.05) is 39.0 Å². The molecule has 20 heavy (non-hydrogen) atoms. The smallest absolute Gasteiger partial charge is 0.174 e. The van der Waals surface area contributed by atoms with Crippen LogP contribution in [0.3, 0.4) is 0 Å². The highest BCUT2D eigenvalue weighted by atomic mass is 16.5. The molecule has 0 aliphatic heterocycles. The predicted octanol–water partition coefficient (Wildman–Crippen LogP) is 3.59. The summed E-state index contributed by atoms with van der Waals surface area (Å²) in [6.07, 6.45) is 7.57. The van der Waals surface area contributed by atoms with Crippen molar-refractivity contribution < 1.29 is 15.0 Å². The van der Waals surface area contributed by atoms with Crippen LogP contribution in [0.5, 0.6) is 11.5 Å². The summed E-state index contributed by atoms with van der Waals surface area (Å²) in [5, 5.41) is 3.74. The average molecular weight is 279 g/mol. The Labute approximate surface area is 122 Å². The second-order valence-electron chi connectivity index (χ2n) is 5.04. The number of hydrogen-bond acceptors (Lipinski definition) is 3. The Morgan fingerprint density at radius 3 is 2.45 bits per heavy atom. The molecule has 0 bridgehead atoms. The van der Waals surface area contributed by atoms with Crippen LogP contribution in [0.25, 0.3) is 0 Å². The lowest BCUT2D eigenvalue weighted by atomic mass is 10.1. The van der Waals surface area contributed by atoms with Crippen molar-refractivity contribution in [1.29, 1.82) is 0 Å². The van der Waals surface area contributed by atoms with Gasteiger partial charge in [-0.15, -0.1) is 0 Å². The summed E-state index contributed by atoms with van der Waals surface area (Å²) in [6.45, 7) is 4.93. The molecule has 0 heterocycles. The van der Waals surface area contributed by atoms with Gasteiger partial charge in [-0.25, -0.2) is 0 Å². The van der Waals surface area contributed by atoms with Crippen molar-refractivity contribution in [3.8, 4) is 11.5 Å². The average Bonchev–Trinajstić information content (AvgIpc) is 2.45. The summed E-state index contributed by atoms with van der Waals surface area (Å²) >= 11 is 0. The SMILES string of the molecule is CCCCCCCCOc1cc(C)c(N=[NH2+])c(OC)c1. The van der Waals surface area contributed by atoms with Crippen molar-refractivity contribution in [1.82, 2.24) is 0 Å². The maximum absolute atomic E-state index is 5.77. The third kappa shape index (κ3) is 5.19. The van der Waals surface area contributed by atoms with E-state index in [-0.39, 0.29) is 0 Å². The van der Waals surface area contributed by atoms with E-state index in [4.69, 9.17) is 15.0 Å². The number of rotatable bonds is 10. The topological polar surface area (TPSA) is 56.4 Å². The van der Waals surface area contributed by atoms with Gasteiger partial charge in [0.15, 0.2) is 11.4 Å². The Hall–Kier alpha value is -1.58. The van der Waals surface area contributed by atoms with E-state index in [0.717, 1.165) is 24.3 Å². The van der Waals surface area contributed by atoms with E-state index in [1.807, 2.05) is 19.1 Å². The lowest BCUT2D eigenvalue weighted by molar-refractivity contribution is -0.210. The van der Waals surface area contributed by atoms with Crippen LogP contribution < -0.4 is 15.0 Å². The van der Waals surface area contributed by atoms with Gasteiger partial charge >= 0.3 is 0 Å². The Bertz CT molecular complexity index is 419. The van der Waals surface area contributed by atoms with Gasteiger partial charge in [0.1, 0.15) is 5.75 Å². The van der Waals surface area contributed by atoms with Gasteiger partial charge in [0.2, 0.25) is 0 Å². The van der Waals surface area contributed by atoms with Crippen molar-refractivity contribution in [2.24, 2.45) is 5.11 Å². The van der Waals surface area contributed by atoms with Gasteiger partial charge in [0.05, 0.1) is 13.7 Å². The summed E-state index contributed by atoms with van der Waals surface area (Å²) in [4.78, 5) is 0. The maximum Gasteiger partial charge on any atom is 0.174 e. The van der Waals surface area contributed by atoms with Gasteiger partial charge in [0, 0.05) is 6.07 Å². The Balaban J connectivity index is 2.41. The maximum atomic E-state index is 5.77. The number of methoxy groups -OCH3 is 1. The molecule has 0 aliphatic carbocycles. The third-order valence-corrected chi connectivity index (χ3v) is 3.35. The number of nitrogens with zero attached hydrogens (tertiary/aromatic N) is 1. The van der Waals surface area contributed by atoms with Crippen molar-refractivity contribution >= 4 is 5.69 Å². The number of nitrogens with two attached hydrogens (primary N) is 1. The highest BCUT2D eigenvalue weighted by Gasteiger charge is 2.10. The van der Waals surface area contributed by atoms with Crippen LogP contribution in [0, 0.1) is 6.92 Å². The molecule has 0 radical (unpaired) electrons. The molecule has 1 aromatic carbocycles. The van der Waals surface area contributed by atoms with Crippen LogP contribution in [0.4, 0.5) is 5.69 Å². The number of ether oxygens (including phenoxy) is 2. The largest absolute Gasteiger partial charge is 0.494 e. The van der Waals surface area contributed by atoms with E-state index in [9.17, 15) is 0 Å². The first-order chi connectivity index (χ1) is 9.72. The second kappa shape index (κ2) is 9.34. The highest BCUT2D eigenvalue weighted by Crippen LogP contribution is 2.34. The minimum absolute atomic E-state index is 0.658. The van der Waals surface area contributed by atoms with E-state index in [1.165, 1.54) is 32.1 Å². The normalized spacial score (nSPS) is 10.3. The second-order valence-corrected chi connectivity index (χ2v) is 5.04. The molecule has 2 N–H and O–H groups in total.